The fourth-order valence-corrected chi connectivity index (χ4v) is 3.54. The van der Waals surface area contributed by atoms with Gasteiger partial charge < -0.3 is 15.0 Å². The SMILES string of the molecule is COCCN(CC(=O)Nc1cccc(C)c1C)C(=O)Cn1nnn(-c2cccs2)c1=O. The van der Waals surface area contributed by atoms with Crippen LogP contribution in [0.1, 0.15) is 11.1 Å². The van der Waals surface area contributed by atoms with E-state index in [0.29, 0.717) is 10.7 Å². The lowest BCUT2D eigenvalue weighted by atomic mass is 10.1. The number of anilines is 1. The first-order chi connectivity index (χ1) is 14.9. The Labute approximate surface area is 183 Å². The van der Waals surface area contributed by atoms with Crippen molar-refractivity contribution in [1.82, 2.24) is 24.7 Å². The van der Waals surface area contributed by atoms with Crippen molar-refractivity contribution in [1.29, 1.82) is 0 Å². The van der Waals surface area contributed by atoms with Crippen LogP contribution in [0.3, 0.4) is 0 Å². The average Bonchev–Trinajstić information content (AvgIpc) is 3.39. The number of hydrogen-bond donors (Lipinski definition) is 1. The van der Waals surface area contributed by atoms with Crippen molar-refractivity contribution in [2.45, 2.75) is 20.4 Å². The minimum Gasteiger partial charge on any atom is -0.383 e. The van der Waals surface area contributed by atoms with Gasteiger partial charge in [0, 0.05) is 19.3 Å². The van der Waals surface area contributed by atoms with E-state index >= 15 is 0 Å². The van der Waals surface area contributed by atoms with Crippen molar-refractivity contribution in [3.05, 3.63) is 57.3 Å². The van der Waals surface area contributed by atoms with Crippen LogP contribution in [0.2, 0.25) is 0 Å². The van der Waals surface area contributed by atoms with Crippen LogP contribution < -0.4 is 11.0 Å². The lowest BCUT2D eigenvalue weighted by Crippen LogP contribution is -2.43. The van der Waals surface area contributed by atoms with E-state index in [0.717, 1.165) is 20.5 Å². The second-order valence-corrected chi connectivity index (χ2v) is 7.81. The summed E-state index contributed by atoms with van der Waals surface area (Å²) in [5.74, 6) is -0.777. The van der Waals surface area contributed by atoms with Crippen molar-refractivity contribution in [3.63, 3.8) is 0 Å². The quantitative estimate of drug-likeness (QED) is 0.531. The molecule has 0 aliphatic heterocycles. The number of nitrogens with one attached hydrogen (secondary N) is 1. The number of ether oxygens (including phenoxy) is 1. The summed E-state index contributed by atoms with van der Waals surface area (Å²) in [4.78, 5) is 39.3. The highest BCUT2D eigenvalue weighted by Gasteiger charge is 2.20. The molecule has 2 amide bonds. The van der Waals surface area contributed by atoms with Crippen LogP contribution in [-0.2, 0) is 20.9 Å². The number of amides is 2. The van der Waals surface area contributed by atoms with E-state index in [-0.39, 0.29) is 32.1 Å². The summed E-state index contributed by atoms with van der Waals surface area (Å²) in [5.41, 5.74) is 2.18. The normalized spacial score (nSPS) is 10.8. The Kier molecular flexibility index (Phi) is 7.32. The predicted octanol–water partition coefficient (Wildman–Crippen LogP) is 1.22. The molecule has 2 heterocycles. The van der Waals surface area contributed by atoms with Crippen LogP contribution in [0.5, 0.6) is 0 Å². The number of hydrogen-bond acceptors (Lipinski definition) is 7. The summed E-state index contributed by atoms with van der Waals surface area (Å²) in [6.45, 7) is 3.82. The Morgan fingerprint density at radius 2 is 2.00 bits per heavy atom. The van der Waals surface area contributed by atoms with Crippen LogP contribution in [0, 0.1) is 13.8 Å². The van der Waals surface area contributed by atoms with E-state index in [4.69, 9.17) is 4.74 Å². The van der Waals surface area contributed by atoms with E-state index in [1.165, 1.54) is 23.3 Å². The van der Waals surface area contributed by atoms with Gasteiger partial charge in [-0.2, -0.15) is 9.36 Å². The van der Waals surface area contributed by atoms with E-state index in [1.54, 1.807) is 12.1 Å². The summed E-state index contributed by atoms with van der Waals surface area (Å²) in [5, 5.41) is 12.9. The largest absolute Gasteiger partial charge is 0.383 e. The molecule has 0 radical (unpaired) electrons. The number of nitrogens with zero attached hydrogens (tertiary/aromatic N) is 5. The van der Waals surface area contributed by atoms with E-state index in [2.05, 4.69) is 15.7 Å². The maximum absolute atomic E-state index is 12.8. The molecule has 0 bridgehead atoms. The van der Waals surface area contributed by atoms with Gasteiger partial charge in [0.15, 0.2) is 0 Å². The van der Waals surface area contributed by atoms with E-state index < -0.39 is 11.6 Å². The fourth-order valence-electron chi connectivity index (χ4n) is 2.87. The maximum Gasteiger partial charge on any atom is 0.369 e. The van der Waals surface area contributed by atoms with E-state index in [1.807, 2.05) is 37.4 Å². The number of methoxy groups -OCH3 is 1. The van der Waals surface area contributed by atoms with Crippen molar-refractivity contribution in [3.8, 4) is 5.00 Å². The van der Waals surface area contributed by atoms with Gasteiger partial charge >= 0.3 is 5.69 Å². The Bertz CT molecular complexity index is 1110. The molecule has 0 aliphatic rings. The van der Waals surface area contributed by atoms with Gasteiger partial charge in [0.1, 0.15) is 18.1 Å². The minimum absolute atomic E-state index is 0.177. The van der Waals surface area contributed by atoms with Gasteiger partial charge in [-0.15, -0.1) is 11.3 Å². The molecule has 3 aromatic rings. The highest BCUT2D eigenvalue weighted by molar-refractivity contribution is 7.12. The van der Waals surface area contributed by atoms with Crippen molar-refractivity contribution >= 4 is 28.8 Å². The third-order valence-corrected chi connectivity index (χ3v) is 5.61. The zero-order chi connectivity index (χ0) is 22.4. The van der Waals surface area contributed by atoms with Crippen LogP contribution in [0.15, 0.2) is 40.5 Å². The van der Waals surface area contributed by atoms with Gasteiger partial charge in [-0.3, -0.25) is 9.59 Å². The second-order valence-electron chi connectivity index (χ2n) is 6.89. The van der Waals surface area contributed by atoms with Crippen molar-refractivity contribution in [2.75, 3.05) is 32.1 Å². The Balaban J connectivity index is 1.70. The lowest BCUT2D eigenvalue weighted by Gasteiger charge is -2.22. The Hall–Kier alpha value is -3.31. The molecule has 31 heavy (non-hydrogen) atoms. The summed E-state index contributed by atoms with van der Waals surface area (Å²) >= 11 is 1.33. The highest BCUT2D eigenvalue weighted by atomic mass is 32.1. The van der Waals surface area contributed by atoms with E-state index in [9.17, 15) is 14.4 Å². The first kappa shape index (κ1) is 22.4. The number of carbonyl (C=O) groups excluding carboxylic acids is 2. The summed E-state index contributed by atoms with van der Waals surface area (Å²) in [6, 6.07) is 9.15. The summed E-state index contributed by atoms with van der Waals surface area (Å²) in [7, 11) is 1.51. The zero-order valence-corrected chi connectivity index (χ0v) is 18.4. The zero-order valence-electron chi connectivity index (χ0n) is 17.6. The highest BCUT2D eigenvalue weighted by Crippen LogP contribution is 2.17. The molecule has 0 saturated heterocycles. The molecule has 1 aromatic carbocycles. The van der Waals surface area contributed by atoms with Crippen LogP contribution in [0.4, 0.5) is 5.69 Å². The molecule has 10 nitrogen and oxygen atoms in total. The molecule has 1 N–H and O–H groups in total. The number of aromatic nitrogens is 4. The minimum atomic E-state index is -0.526. The Morgan fingerprint density at radius 1 is 1.19 bits per heavy atom. The second kappa shape index (κ2) is 10.1. The summed E-state index contributed by atoms with van der Waals surface area (Å²) < 4.78 is 7.17. The first-order valence-electron chi connectivity index (χ1n) is 9.60. The predicted molar refractivity (Wildman–Crippen MR) is 116 cm³/mol. The van der Waals surface area contributed by atoms with Gasteiger partial charge in [0.05, 0.1) is 6.61 Å². The van der Waals surface area contributed by atoms with Crippen molar-refractivity contribution < 1.29 is 14.3 Å². The van der Waals surface area contributed by atoms with Gasteiger partial charge in [-0.1, -0.05) is 12.1 Å². The van der Waals surface area contributed by atoms with Crippen LogP contribution in [0.25, 0.3) is 5.00 Å². The molecule has 2 aromatic heterocycles. The molecule has 0 spiro atoms. The molecule has 3 rings (SSSR count). The lowest BCUT2D eigenvalue weighted by molar-refractivity contribution is -0.136. The Morgan fingerprint density at radius 3 is 2.71 bits per heavy atom. The third-order valence-electron chi connectivity index (χ3n) is 4.77. The smallest absolute Gasteiger partial charge is 0.369 e. The molecule has 164 valence electrons. The average molecular weight is 445 g/mol. The van der Waals surface area contributed by atoms with Gasteiger partial charge in [0.2, 0.25) is 11.8 Å². The third kappa shape index (κ3) is 5.44. The first-order valence-corrected chi connectivity index (χ1v) is 10.5. The topological polar surface area (TPSA) is 111 Å². The van der Waals surface area contributed by atoms with Crippen molar-refractivity contribution in [2.24, 2.45) is 0 Å². The molecule has 0 atom stereocenters. The number of thiophene rings is 1. The number of benzene rings is 1. The maximum atomic E-state index is 12.8. The van der Waals surface area contributed by atoms with Gasteiger partial charge in [-0.25, -0.2) is 4.79 Å². The standard InChI is InChI=1S/C20H24N6O4S/c1-14-6-4-7-16(15(14)2)21-17(27)12-24(9-10-30-3)18(28)13-25-20(29)26(23-22-25)19-8-5-11-31-19/h4-8,11H,9-10,12-13H2,1-3H3,(H,21,27). The van der Waals surface area contributed by atoms with Gasteiger partial charge in [-0.05, 0) is 59.0 Å². The van der Waals surface area contributed by atoms with Crippen LogP contribution >= 0.6 is 11.3 Å². The molecular weight excluding hydrogens is 420 g/mol. The molecule has 11 heteroatoms. The van der Waals surface area contributed by atoms with Crippen LogP contribution in [-0.4, -0.2) is 63.3 Å². The molecule has 0 saturated carbocycles. The molecule has 0 unspecified atom stereocenters. The number of aryl methyl sites for hydroxylation is 1. The summed E-state index contributed by atoms with van der Waals surface area (Å²) in [6.07, 6.45) is 0. The fraction of sp³-hybridized carbons (Fsp3) is 0.350. The van der Waals surface area contributed by atoms with Gasteiger partial charge in [0.25, 0.3) is 0 Å². The number of rotatable bonds is 9. The molecule has 0 aliphatic carbocycles. The number of carbonyl (C=O) groups is 2. The number of tetrazole rings is 1. The molecule has 0 fully saturated rings. The monoisotopic (exact) mass is 444 g/mol. The molecular formula is C20H24N6O4S.